The summed E-state index contributed by atoms with van der Waals surface area (Å²) in [7, 11) is 1.86. The second-order valence-electron chi connectivity index (χ2n) is 14.6. The first-order valence-corrected chi connectivity index (χ1v) is 19.7. The molecule has 0 aromatic heterocycles. The van der Waals surface area contributed by atoms with Crippen LogP contribution in [0.3, 0.4) is 0 Å². The third kappa shape index (κ3) is 34.6. The first-order chi connectivity index (χ1) is 20.8. The van der Waals surface area contributed by atoms with Crippen LogP contribution in [0.4, 0.5) is 0 Å². The van der Waals surface area contributed by atoms with E-state index in [0.29, 0.717) is 24.2 Å². The third-order valence-corrected chi connectivity index (χ3v) is 8.55. The van der Waals surface area contributed by atoms with E-state index >= 15 is 0 Å². The van der Waals surface area contributed by atoms with Gasteiger partial charge >= 0.3 is 7.82 Å². The van der Waals surface area contributed by atoms with Crippen LogP contribution in [-0.4, -0.2) is 75.2 Å². The summed E-state index contributed by atoms with van der Waals surface area (Å²) < 4.78 is 35.1. The lowest BCUT2D eigenvalue weighted by molar-refractivity contribution is -0.870. The first-order valence-electron chi connectivity index (χ1n) is 18.2. The molecule has 0 aliphatic carbocycles. The van der Waals surface area contributed by atoms with Gasteiger partial charge in [0.2, 0.25) is 0 Å². The first kappa shape index (κ1) is 43.7. The van der Waals surface area contributed by atoms with Crippen molar-refractivity contribution in [2.75, 3.05) is 54.1 Å². The van der Waals surface area contributed by atoms with Gasteiger partial charge < -0.3 is 18.9 Å². The van der Waals surface area contributed by atoms with Crippen molar-refractivity contribution in [3.8, 4) is 0 Å². The van der Waals surface area contributed by atoms with Crippen molar-refractivity contribution in [3.05, 3.63) is 12.2 Å². The molecule has 0 rings (SSSR count). The molecule has 0 aromatic carbocycles. The van der Waals surface area contributed by atoms with Crippen molar-refractivity contribution in [1.29, 1.82) is 0 Å². The molecule has 0 fully saturated rings. The minimum Gasteiger partial charge on any atom is -0.379 e. The number of quaternary nitrogens is 1. The van der Waals surface area contributed by atoms with E-state index < -0.39 is 19.5 Å². The Labute approximate surface area is 274 Å². The minimum atomic E-state index is -4.13. The standard InChI is InChI=1S/C36H74NO6P/c1-8-9-10-11-12-13-14-15-16-17-18-19-20-21-22-23-24-25-26-27-28-29-31-40-33-35(43-36(2,3)4)34-42-44(38,39)41-32-30-37(5,6)7/h20-21,35H,8-19,22-34H2,1-7H3/p+1/b21-20-/t35-/m1/s1. The van der Waals surface area contributed by atoms with E-state index in [2.05, 4.69) is 19.1 Å². The number of hydrogen-bond donors (Lipinski definition) is 1. The van der Waals surface area contributed by atoms with Gasteiger partial charge in [-0.25, -0.2) is 4.57 Å². The van der Waals surface area contributed by atoms with Crippen molar-refractivity contribution < 1.29 is 32.5 Å². The Kier molecular flexibility index (Phi) is 27.6. The summed E-state index contributed by atoms with van der Waals surface area (Å²) in [6.45, 7) is 9.82. The number of hydrogen-bond acceptors (Lipinski definition) is 5. The van der Waals surface area contributed by atoms with E-state index in [-0.39, 0.29) is 13.2 Å². The molecule has 2 atom stereocenters. The largest absolute Gasteiger partial charge is 0.472 e. The number of phosphoric acid groups is 1. The summed E-state index contributed by atoms with van der Waals surface area (Å²) in [5.74, 6) is 0. The monoisotopic (exact) mass is 649 g/mol. The van der Waals surface area contributed by atoms with Crippen LogP contribution >= 0.6 is 7.82 Å². The van der Waals surface area contributed by atoms with E-state index in [1.807, 2.05) is 41.9 Å². The number of ether oxygens (including phenoxy) is 2. The topological polar surface area (TPSA) is 74.2 Å². The van der Waals surface area contributed by atoms with Gasteiger partial charge in [0, 0.05) is 6.61 Å². The Morgan fingerprint density at radius 2 is 1.11 bits per heavy atom. The van der Waals surface area contributed by atoms with E-state index in [4.69, 9.17) is 18.5 Å². The van der Waals surface area contributed by atoms with Crippen molar-refractivity contribution in [1.82, 2.24) is 0 Å². The normalized spacial score (nSPS) is 14.8. The average molecular weight is 649 g/mol. The summed E-state index contributed by atoms with van der Waals surface area (Å²) in [4.78, 5) is 10.0. The fourth-order valence-electron chi connectivity index (χ4n) is 4.99. The zero-order valence-corrected chi connectivity index (χ0v) is 31.2. The number of rotatable bonds is 32. The highest BCUT2D eigenvalue weighted by molar-refractivity contribution is 7.47. The predicted molar refractivity (Wildman–Crippen MR) is 187 cm³/mol. The minimum absolute atomic E-state index is 0.0516. The van der Waals surface area contributed by atoms with Crippen LogP contribution in [0.15, 0.2) is 12.2 Å². The van der Waals surface area contributed by atoms with Crippen LogP contribution in [-0.2, 0) is 23.1 Å². The van der Waals surface area contributed by atoms with Crippen molar-refractivity contribution >= 4 is 7.82 Å². The van der Waals surface area contributed by atoms with Gasteiger partial charge in [0.1, 0.15) is 19.3 Å². The molecule has 0 aliphatic rings. The maximum Gasteiger partial charge on any atom is 0.472 e. The summed E-state index contributed by atoms with van der Waals surface area (Å²) in [6.07, 6.45) is 31.0. The van der Waals surface area contributed by atoms with Gasteiger partial charge in [-0.15, -0.1) is 0 Å². The van der Waals surface area contributed by atoms with Crippen LogP contribution in [0.5, 0.6) is 0 Å². The van der Waals surface area contributed by atoms with Gasteiger partial charge in [0.25, 0.3) is 0 Å². The Morgan fingerprint density at radius 3 is 1.57 bits per heavy atom. The molecule has 0 saturated heterocycles. The third-order valence-electron chi connectivity index (χ3n) is 7.56. The molecule has 0 aliphatic heterocycles. The van der Waals surface area contributed by atoms with Gasteiger partial charge in [0.15, 0.2) is 0 Å². The van der Waals surface area contributed by atoms with Crippen molar-refractivity contribution in [2.45, 2.75) is 168 Å². The number of likely N-dealkylation sites (N-methyl/N-ethyl adjacent to an activating group) is 1. The van der Waals surface area contributed by atoms with Crippen LogP contribution in [0.25, 0.3) is 0 Å². The van der Waals surface area contributed by atoms with Crippen LogP contribution in [0, 0.1) is 0 Å². The van der Waals surface area contributed by atoms with Crippen molar-refractivity contribution in [2.24, 2.45) is 0 Å². The molecule has 7 nitrogen and oxygen atoms in total. The predicted octanol–water partition coefficient (Wildman–Crippen LogP) is 10.4. The zero-order chi connectivity index (χ0) is 33.0. The lowest BCUT2D eigenvalue weighted by Gasteiger charge is -2.28. The molecular formula is C36H75NO6P+. The van der Waals surface area contributed by atoms with Gasteiger partial charge in [0.05, 0.1) is 40.0 Å². The number of nitrogens with zero attached hydrogens (tertiary/aromatic N) is 1. The summed E-state index contributed by atoms with van der Waals surface area (Å²) in [6, 6.07) is 0. The van der Waals surface area contributed by atoms with Gasteiger partial charge in [-0.2, -0.15) is 0 Å². The van der Waals surface area contributed by atoms with E-state index in [1.54, 1.807) is 0 Å². The Balaban J connectivity index is 3.71. The lowest BCUT2D eigenvalue weighted by atomic mass is 10.0. The number of unbranched alkanes of at least 4 members (excludes halogenated alkanes) is 18. The van der Waals surface area contributed by atoms with E-state index in [1.165, 1.54) is 116 Å². The van der Waals surface area contributed by atoms with E-state index in [9.17, 15) is 9.46 Å². The average Bonchev–Trinajstić information content (AvgIpc) is 2.92. The van der Waals surface area contributed by atoms with Crippen LogP contribution in [0.1, 0.15) is 156 Å². The molecule has 0 spiro atoms. The molecule has 264 valence electrons. The number of phosphoric ester groups is 1. The summed E-state index contributed by atoms with van der Waals surface area (Å²) >= 11 is 0. The van der Waals surface area contributed by atoms with E-state index in [0.717, 1.165) is 12.8 Å². The Bertz CT molecular complexity index is 704. The molecule has 0 aromatic rings. The maximum atomic E-state index is 12.3. The summed E-state index contributed by atoms with van der Waals surface area (Å²) in [5.41, 5.74) is -0.413. The molecule has 0 bridgehead atoms. The Morgan fingerprint density at radius 1 is 0.659 bits per heavy atom. The van der Waals surface area contributed by atoms with Crippen LogP contribution in [0.2, 0.25) is 0 Å². The molecule has 0 amide bonds. The quantitative estimate of drug-likeness (QED) is 0.0339. The molecular weight excluding hydrogens is 573 g/mol. The highest BCUT2D eigenvalue weighted by Gasteiger charge is 2.27. The number of allylic oxidation sites excluding steroid dienone is 2. The maximum absolute atomic E-state index is 12.3. The smallest absolute Gasteiger partial charge is 0.379 e. The molecule has 1 N–H and O–H groups in total. The van der Waals surface area contributed by atoms with Crippen molar-refractivity contribution in [3.63, 3.8) is 0 Å². The Hall–Kier alpha value is -0.270. The molecule has 0 radical (unpaired) electrons. The lowest BCUT2D eigenvalue weighted by Crippen LogP contribution is -2.37. The van der Waals surface area contributed by atoms with Gasteiger partial charge in [-0.05, 0) is 52.9 Å². The molecule has 0 saturated carbocycles. The van der Waals surface area contributed by atoms with Crippen LogP contribution < -0.4 is 0 Å². The highest BCUT2D eigenvalue weighted by atomic mass is 31.2. The van der Waals surface area contributed by atoms with Gasteiger partial charge in [-0.1, -0.05) is 115 Å². The molecule has 44 heavy (non-hydrogen) atoms. The zero-order valence-electron chi connectivity index (χ0n) is 30.3. The molecule has 1 unspecified atom stereocenters. The fourth-order valence-corrected chi connectivity index (χ4v) is 5.73. The second-order valence-corrected chi connectivity index (χ2v) is 16.1. The second kappa shape index (κ2) is 27.8. The highest BCUT2D eigenvalue weighted by Crippen LogP contribution is 2.43. The fraction of sp³-hybridized carbons (Fsp3) is 0.944. The SMILES string of the molecule is CCCCCCCCCCCCC/C=C\CCCCCCCCCOC[C@H](COP(=O)(O)OCC[N+](C)(C)C)OC(C)(C)C. The summed E-state index contributed by atoms with van der Waals surface area (Å²) in [5, 5.41) is 0. The molecule has 8 heteroatoms. The van der Waals surface area contributed by atoms with Gasteiger partial charge in [-0.3, -0.25) is 9.05 Å². The molecule has 0 heterocycles.